The van der Waals surface area contributed by atoms with E-state index in [0.717, 1.165) is 29.6 Å². The Balaban J connectivity index is 0.00000110. The first-order valence-corrected chi connectivity index (χ1v) is 6.37. The molecule has 0 aliphatic heterocycles. The first-order chi connectivity index (χ1) is 9.22. The molecule has 0 radical (unpaired) electrons. The Kier molecular flexibility index (Phi) is 6.00. The van der Waals surface area contributed by atoms with Gasteiger partial charge in [-0.15, -0.1) is 24.8 Å². The lowest BCUT2D eigenvalue weighted by Gasteiger charge is -2.04. The van der Waals surface area contributed by atoms with E-state index in [1.165, 1.54) is 11.1 Å². The molecule has 1 aromatic carbocycles. The molecule has 0 bridgehead atoms. The molecule has 0 amide bonds. The summed E-state index contributed by atoms with van der Waals surface area (Å²) in [6.45, 7) is 2.10. The van der Waals surface area contributed by atoms with Crippen molar-refractivity contribution < 1.29 is 0 Å². The van der Waals surface area contributed by atoms with Gasteiger partial charge in [0.2, 0.25) is 0 Å². The van der Waals surface area contributed by atoms with Gasteiger partial charge in [0.25, 0.3) is 0 Å². The first kappa shape index (κ1) is 17.3. The highest BCUT2D eigenvalue weighted by Gasteiger charge is 2.03. The highest BCUT2D eigenvalue weighted by Crippen LogP contribution is 2.16. The molecular weight excluding hydrogens is 307 g/mol. The molecule has 0 saturated heterocycles. The van der Waals surface area contributed by atoms with E-state index in [4.69, 9.17) is 5.73 Å². The number of anilines is 1. The van der Waals surface area contributed by atoms with Crippen LogP contribution in [-0.4, -0.2) is 15.0 Å². The zero-order valence-electron chi connectivity index (χ0n) is 11.7. The number of aromatic amines is 1. The summed E-state index contributed by atoms with van der Waals surface area (Å²) < 4.78 is 0. The zero-order valence-corrected chi connectivity index (χ0v) is 13.3. The molecule has 21 heavy (non-hydrogen) atoms. The van der Waals surface area contributed by atoms with Crippen LogP contribution in [0.1, 0.15) is 16.8 Å². The molecule has 0 saturated carbocycles. The van der Waals surface area contributed by atoms with Gasteiger partial charge in [0.05, 0.1) is 11.0 Å². The van der Waals surface area contributed by atoms with Crippen LogP contribution in [0.15, 0.2) is 36.5 Å². The maximum Gasteiger partial charge on any atom is 0.198 e. The third-order valence-corrected chi connectivity index (χ3v) is 3.33. The van der Waals surface area contributed by atoms with E-state index in [0.29, 0.717) is 5.95 Å². The van der Waals surface area contributed by atoms with Gasteiger partial charge in [0.15, 0.2) is 5.95 Å². The van der Waals surface area contributed by atoms with E-state index < -0.39 is 0 Å². The van der Waals surface area contributed by atoms with E-state index in [9.17, 15) is 0 Å². The number of pyridine rings is 1. The Morgan fingerprint density at radius 2 is 1.95 bits per heavy atom. The quantitative estimate of drug-likeness (QED) is 0.775. The summed E-state index contributed by atoms with van der Waals surface area (Å²) >= 11 is 0. The molecule has 0 unspecified atom stereocenters. The van der Waals surface area contributed by atoms with Crippen LogP contribution >= 0.6 is 24.8 Å². The Hall–Kier alpha value is -1.78. The van der Waals surface area contributed by atoms with E-state index in [1.807, 2.05) is 18.3 Å². The lowest BCUT2D eigenvalue weighted by molar-refractivity contribution is 0.901. The number of fused-ring (bicyclic) bond motifs is 1. The lowest BCUT2D eigenvalue weighted by Crippen LogP contribution is -1.97. The normalized spacial score (nSPS) is 9.95. The van der Waals surface area contributed by atoms with Crippen LogP contribution in [0.5, 0.6) is 0 Å². The summed E-state index contributed by atoms with van der Waals surface area (Å²) in [5, 5.41) is 0. The van der Waals surface area contributed by atoms with Gasteiger partial charge in [-0.05, 0) is 49.1 Å². The summed E-state index contributed by atoms with van der Waals surface area (Å²) in [6, 6.07) is 10.3. The number of rotatable bonds is 3. The van der Waals surface area contributed by atoms with Crippen LogP contribution in [0, 0.1) is 6.92 Å². The summed E-state index contributed by atoms with van der Waals surface area (Å²) in [5.41, 5.74) is 11.2. The number of hydrogen-bond acceptors (Lipinski definition) is 3. The molecule has 4 nitrogen and oxygen atoms in total. The van der Waals surface area contributed by atoms with Crippen molar-refractivity contribution in [3.8, 4) is 0 Å². The van der Waals surface area contributed by atoms with Gasteiger partial charge in [0, 0.05) is 11.9 Å². The Morgan fingerprint density at radius 3 is 2.71 bits per heavy atom. The minimum atomic E-state index is 0. The van der Waals surface area contributed by atoms with Crippen molar-refractivity contribution in [2.75, 3.05) is 5.73 Å². The average Bonchev–Trinajstić information content (AvgIpc) is 2.77. The van der Waals surface area contributed by atoms with Crippen LogP contribution < -0.4 is 5.73 Å². The van der Waals surface area contributed by atoms with Gasteiger partial charge in [-0.25, -0.2) is 4.98 Å². The highest BCUT2D eigenvalue weighted by molar-refractivity contribution is 5.85. The largest absolute Gasteiger partial charge is 0.369 e. The third kappa shape index (κ3) is 3.86. The number of nitrogens with two attached hydrogens (primary N) is 1. The van der Waals surface area contributed by atoms with Crippen LogP contribution in [-0.2, 0) is 12.8 Å². The fourth-order valence-corrected chi connectivity index (χ4v) is 2.27. The summed E-state index contributed by atoms with van der Waals surface area (Å²) in [5.74, 6) is 0.465. The predicted octanol–water partition coefficient (Wildman–Crippen LogP) is 3.48. The second-order valence-electron chi connectivity index (χ2n) is 4.74. The minimum absolute atomic E-state index is 0. The monoisotopic (exact) mass is 324 g/mol. The molecule has 2 heterocycles. The molecule has 0 aliphatic carbocycles. The van der Waals surface area contributed by atoms with Gasteiger partial charge >= 0.3 is 0 Å². The third-order valence-electron chi connectivity index (χ3n) is 3.33. The SMILES string of the molecule is Cc1cccnc1CCc1ccc2[nH]c(N)nc2c1.Cl.Cl. The second-order valence-corrected chi connectivity index (χ2v) is 4.74. The maximum absolute atomic E-state index is 5.65. The molecule has 0 aliphatic rings. The fraction of sp³-hybridized carbons (Fsp3) is 0.200. The minimum Gasteiger partial charge on any atom is -0.369 e. The van der Waals surface area contributed by atoms with Crippen molar-refractivity contribution in [3.63, 3.8) is 0 Å². The molecule has 3 rings (SSSR count). The van der Waals surface area contributed by atoms with Crippen LogP contribution in [0.2, 0.25) is 0 Å². The van der Waals surface area contributed by atoms with Crippen LogP contribution in [0.3, 0.4) is 0 Å². The molecule has 2 aromatic heterocycles. The van der Waals surface area contributed by atoms with Crippen molar-refractivity contribution in [1.29, 1.82) is 0 Å². The zero-order chi connectivity index (χ0) is 13.2. The smallest absolute Gasteiger partial charge is 0.198 e. The molecule has 3 aromatic rings. The molecule has 0 spiro atoms. The number of nitrogens with zero attached hydrogens (tertiary/aromatic N) is 2. The second kappa shape index (κ2) is 7.29. The molecule has 0 fully saturated rings. The lowest BCUT2D eigenvalue weighted by atomic mass is 10.0. The van der Waals surface area contributed by atoms with Crippen molar-refractivity contribution in [1.82, 2.24) is 15.0 Å². The topological polar surface area (TPSA) is 67.6 Å². The van der Waals surface area contributed by atoms with Crippen molar-refractivity contribution in [3.05, 3.63) is 53.3 Å². The first-order valence-electron chi connectivity index (χ1n) is 6.37. The Labute approximate surface area is 136 Å². The highest BCUT2D eigenvalue weighted by atomic mass is 35.5. The number of benzene rings is 1. The van der Waals surface area contributed by atoms with Crippen LogP contribution in [0.4, 0.5) is 5.95 Å². The van der Waals surface area contributed by atoms with Crippen LogP contribution in [0.25, 0.3) is 11.0 Å². The fourth-order valence-electron chi connectivity index (χ4n) is 2.27. The molecular formula is C15H18Cl2N4. The van der Waals surface area contributed by atoms with Crippen molar-refractivity contribution in [2.45, 2.75) is 19.8 Å². The predicted molar refractivity (Wildman–Crippen MR) is 91.4 cm³/mol. The summed E-state index contributed by atoms with van der Waals surface area (Å²) in [7, 11) is 0. The van der Waals surface area contributed by atoms with E-state index in [2.05, 4.69) is 40.1 Å². The van der Waals surface area contributed by atoms with Gasteiger partial charge in [-0.1, -0.05) is 12.1 Å². The van der Waals surface area contributed by atoms with Crippen molar-refractivity contribution in [2.24, 2.45) is 0 Å². The average molecular weight is 325 g/mol. The number of H-pyrrole nitrogens is 1. The number of nitrogen functional groups attached to an aromatic ring is 1. The number of aryl methyl sites for hydroxylation is 3. The molecule has 0 atom stereocenters. The number of halogens is 2. The number of aromatic nitrogens is 3. The molecule has 112 valence electrons. The van der Waals surface area contributed by atoms with Gasteiger partial charge in [-0.2, -0.15) is 0 Å². The van der Waals surface area contributed by atoms with Gasteiger partial charge in [0.1, 0.15) is 0 Å². The number of imidazole rings is 1. The Bertz CT molecular complexity index is 725. The standard InChI is InChI=1S/C15H16N4.2ClH/c1-10-3-2-8-17-12(10)6-4-11-5-7-13-14(9-11)19-15(16)18-13;;/h2-3,5,7-9H,4,6H2,1H3,(H3,16,18,19);2*1H. The van der Waals surface area contributed by atoms with Gasteiger partial charge < -0.3 is 10.7 Å². The van der Waals surface area contributed by atoms with E-state index in [-0.39, 0.29) is 24.8 Å². The summed E-state index contributed by atoms with van der Waals surface area (Å²) in [6.07, 6.45) is 3.75. The molecule has 6 heteroatoms. The number of nitrogens with one attached hydrogen (secondary N) is 1. The molecule has 3 N–H and O–H groups in total. The summed E-state index contributed by atoms with van der Waals surface area (Å²) in [4.78, 5) is 11.7. The number of hydrogen-bond donors (Lipinski definition) is 2. The Morgan fingerprint density at radius 1 is 1.14 bits per heavy atom. The van der Waals surface area contributed by atoms with E-state index in [1.54, 1.807) is 0 Å². The van der Waals surface area contributed by atoms with Gasteiger partial charge in [-0.3, -0.25) is 4.98 Å². The van der Waals surface area contributed by atoms with E-state index >= 15 is 0 Å². The van der Waals surface area contributed by atoms with Crippen molar-refractivity contribution >= 4 is 41.8 Å². The maximum atomic E-state index is 5.65.